The molecule has 2 unspecified atom stereocenters. The zero-order valence-electron chi connectivity index (χ0n) is 10.6. The zero-order chi connectivity index (χ0) is 12.8. The van der Waals surface area contributed by atoms with Gasteiger partial charge in [-0.2, -0.15) is 0 Å². The molecule has 0 spiro atoms. The molecule has 0 radical (unpaired) electrons. The quantitative estimate of drug-likeness (QED) is 0.832. The van der Waals surface area contributed by atoms with Crippen LogP contribution in [0.1, 0.15) is 31.4 Å². The summed E-state index contributed by atoms with van der Waals surface area (Å²) in [6.07, 6.45) is 1.71. The maximum Gasteiger partial charge on any atom is 0.123 e. The van der Waals surface area contributed by atoms with Crippen LogP contribution in [0.25, 0.3) is 0 Å². The average molecular weight is 241 g/mol. The number of nitrogens with two attached hydrogens (primary N) is 1. The molecule has 0 heterocycles. The lowest BCUT2D eigenvalue weighted by Gasteiger charge is -2.17. The molecule has 17 heavy (non-hydrogen) atoms. The molecule has 2 N–H and O–H groups in total. The summed E-state index contributed by atoms with van der Waals surface area (Å²) in [6, 6.07) is 4.16. The Morgan fingerprint density at radius 1 is 1.29 bits per heavy atom. The first-order chi connectivity index (χ1) is 8.08. The Labute approximate surface area is 102 Å². The highest BCUT2D eigenvalue weighted by molar-refractivity contribution is 5.36. The normalized spacial score (nSPS) is 14.4. The van der Waals surface area contributed by atoms with Gasteiger partial charge in [0.2, 0.25) is 0 Å². The smallest absolute Gasteiger partial charge is 0.123 e. The number of benzene rings is 1. The van der Waals surface area contributed by atoms with Crippen molar-refractivity contribution in [3.8, 4) is 5.75 Å². The van der Waals surface area contributed by atoms with Crippen LogP contribution in [0.4, 0.5) is 4.39 Å². The summed E-state index contributed by atoms with van der Waals surface area (Å²) < 4.78 is 23.5. The third kappa shape index (κ3) is 3.98. The van der Waals surface area contributed by atoms with Gasteiger partial charge in [-0.3, -0.25) is 0 Å². The summed E-state index contributed by atoms with van der Waals surface area (Å²) in [6.45, 7) is 1.98. The van der Waals surface area contributed by atoms with Crippen molar-refractivity contribution in [3.05, 3.63) is 29.6 Å². The van der Waals surface area contributed by atoms with Crippen molar-refractivity contribution < 1.29 is 13.9 Å². The molecule has 0 saturated heterocycles. The van der Waals surface area contributed by atoms with Crippen LogP contribution in [0.2, 0.25) is 0 Å². The molecule has 2 atom stereocenters. The van der Waals surface area contributed by atoms with E-state index in [2.05, 4.69) is 0 Å². The molecule has 0 bridgehead atoms. The highest BCUT2D eigenvalue weighted by Gasteiger charge is 2.14. The lowest BCUT2D eigenvalue weighted by molar-refractivity contribution is 0.107. The minimum atomic E-state index is -0.295. The summed E-state index contributed by atoms with van der Waals surface area (Å²) in [5.74, 6) is 0.333. The van der Waals surface area contributed by atoms with Crippen molar-refractivity contribution >= 4 is 0 Å². The Balaban J connectivity index is 2.73. The number of hydrogen-bond acceptors (Lipinski definition) is 3. The number of hydrogen-bond donors (Lipinski definition) is 1. The second kappa shape index (κ2) is 6.57. The number of halogens is 1. The summed E-state index contributed by atoms with van der Waals surface area (Å²) in [7, 11) is 3.22. The Morgan fingerprint density at radius 3 is 2.59 bits per heavy atom. The minimum Gasteiger partial charge on any atom is -0.496 e. The Bertz CT molecular complexity index is 357. The van der Waals surface area contributed by atoms with Gasteiger partial charge in [0.25, 0.3) is 0 Å². The van der Waals surface area contributed by atoms with Gasteiger partial charge < -0.3 is 15.2 Å². The Morgan fingerprint density at radius 2 is 2.00 bits per heavy atom. The summed E-state index contributed by atoms with van der Waals surface area (Å²) in [5, 5.41) is 0. The number of ether oxygens (including phenoxy) is 2. The summed E-state index contributed by atoms with van der Waals surface area (Å²) in [5.41, 5.74) is 6.75. The van der Waals surface area contributed by atoms with Crippen LogP contribution in [-0.2, 0) is 4.74 Å². The van der Waals surface area contributed by atoms with Gasteiger partial charge in [-0.15, -0.1) is 0 Å². The van der Waals surface area contributed by atoms with Gasteiger partial charge >= 0.3 is 0 Å². The molecule has 3 nitrogen and oxygen atoms in total. The second-order valence-corrected chi connectivity index (χ2v) is 4.12. The minimum absolute atomic E-state index is 0.153. The van der Waals surface area contributed by atoms with Gasteiger partial charge in [0.15, 0.2) is 0 Å². The molecule has 0 fully saturated rings. The molecule has 4 heteroatoms. The Hall–Kier alpha value is -1.13. The van der Waals surface area contributed by atoms with Crippen LogP contribution in [0.3, 0.4) is 0 Å². The molecule has 1 aromatic rings. The molecule has 0 aliphatic carbocycles. The van der Waals surface area contributed by atoms with Gasteiger partial charge in [-0.25, -0.2) is 4.39 Å². The topological polar surface area (TPSA) is 44.5 Å². The second-order valence-electron chi connectivity index (χ2n) is 4.12. The molecular formula is C13H20FNO2. The largest absolute Gasteiger partial charge is 0.496 e. The van der Waals surface area contributed by atoms with E-state index in [-0.39, 0.29) is 18.0 Å². The van der Waals surface area contributed by atoms with E-state index in [0.29, 0.717) is 11.3 Å². The first-order valence-electron chi connectivity index (χ1n) is 5.70. The van der Waals surface area contributed by atoms with Crippen LogP contribution in [-0.4, -0.2) is 20.3 Å². The standard InChI is InChI=1S/C13H20FNO2/c1-9(16-2)4-6-12(15)11-8-10(14)5-7-13(11)17-3/h5,7-9,12H,4,6,15H2,1-3H3. The summed E-state index contributed by atoms with van der Waals surface area (Å²) >= 11 is 0. The van der Waals surface area contributed by atoms with Crippen molar-refractivity contribution in [2.24, 2.45) is 5.73 Å². The van der Waals surface area contributed by atoms with Gasteiger partial charge in [0, 0.05) is 18.7 Å². The average Bonchev–Trinajstić information content (AvgIpc) is 2.35. The number of methoxy groups -OCH3 is 2. The van der Waals surface area contributed by atoms with Crippen LogP contribution < -0.4 is 10.5 Å². The van der Waals surface area contributed by atoms with E-state index in [4.69, 9.17) is 15.2 Å². The van der Waals surface area contributed by atoms with Crippen LogP contribution >= 0.6 is 0 Å². The molecule has 0 amide bonds. The molecule has 0 aromatic heterocycles. The molecule has 0 saturated carbocycles. The van der Waals surface area contributed by atoms with Crippen molar-refractivity contribution in [3.63, 3.8) is 0 Å². The van der Waals surface area contributed by atoms with Crippen molar-refractivity contribution in [1.29, 1.82) is 0 Å². The highest BCUT2D eigenvalue weighted by atomic mass is 19.1. The highest BCUT2D eigenvalue weighted by Crippen LogP contribution is 2.27. The predicted octanol–water partition coefficient (Wildman–Crippen LogP) is 2.65. The molecular weight excluding hydrogens is 221 g/mol. The third-order valence-corrected chi connectivity index (χ3v) is 2.88. The van der Waals surface area contributed by atoms with Crippen LogP contribution in [0.15, 0.2) is 18.2 Å². The van der Waals surface area contributed by atoms with E-state index < -0.39 is 0 Å². The van der Waals surface area contributed by atoms with Gasteiger partial charge in [0.1, 0.15) is 11.6 Å². The molecule has 1 rings (SSSR count). The van der Waals surface area contributed by atoms with Crippen LogP contribution in [0, 0.1) is 5.82 Å². The monoisotopic (exact) mass is 241 g/mol. The predicted molar refractivity (Wildman–Crippen MR) is 65.6 cm³/mol. The first-order valence-corrected chi connectivity index (χ1v) is 5.70. The summed E-state index contributed by atoms with van der Waals surface area (Å²) in [4.78, 5) is 0. The Kier molecular flexibility index (Phi) is 5.38. The van der Waals surface area contributed by atoms with E-state index >= 15 is 0 Å². The van der Waals surface area contributed by atoms with Crippen molar-refractivity contribution in [2.75, 3.05) is 14.2 Å². The van der Waals surface area contributed by atoms with Gasteiger partial charge in [-0.05, 0) is 38.0 Å². The number of rotatable bonds is 6. The van der Waals surface area contributed by atoms with E-state index in [9.17, 15) is 4.39 Å². The lowest BCUT2D eigenvalue weighted by atomic mass is 10.0. The van der Waals surface area contributed by atoms with E-state index in [1.54, 1.807) is 20.3 Å². The fraction of sp³-hybridized carbons (Fsp3) is 0.538. The van der Waals surface area contributed by atoms with Crippen molar-refractivity contribution in [1.82, 2.24) is 0 Å². The van der Waals surface area contributed by atoms with E-state index in [1.165, 1.54) is 12.1 Å². The van der Waals surface area contributed by atoms with E-state index in [0.717, 1.165) is 12.8 Å². The molecule has 96 valence electrons. The van der Waals surface area contributed by atoms with Crippen LogP contribution in [0.5, 0.6) is 5.75 Å². The molecule has 0 aliphatic rings. The van der Waals surface area contributed by atoms with Gasteiger partial charge in [0.05, 0.1) is 13.2 Å². The fourth-order valence-corrected chi connectivity index (χ4v) is 1.68. The molecule has 1 aromatic carbocycles. The van der Waals surface area contributed by atoms with Gasteiger partial charge in [-0.1, -0.05) is 0 Å². The maximum absolute atomic E-state index is 13.2. The SMILES string of the molecule is COc1ccc(F)cc1C(N)CCC(C)OC. The molecule has 0 aliphatic heterocycles. The maximum atomic E-state index is 13.2. The third-order valence-electron chi connectivity index (χ3n) is 2.88. The first kappa shape index (κ1) is 13.9. The lowest BCUT2D eigenvalue weighted by Crippen LogP contribution is -2.15. The van der Waals surface area contributed by atoms with Crippen molar-refractivity contribution in [2.45, 2.75) is 31.9 Å². The fourth-order valence-electron chi connectivity index (χ4n) is 1.68. The zero-order valence-corrected chi connectivity index (χ0v) is 10.6. The van der Waals surface area contributed by atoms with E-state index in [1.807, 2.05) is 6.92 Å².